The van der Waals surface area contributed by atoms with Crippen molar-refractivity contribution in [2.24, 2.45) is 5.73 Å². The van der Waals surface area contributed by atoms with Gasteiger partial charge in [-0.2, -0.15) is 4.72 Å². The smallest absolute Gasteiger partial charge is 0.250 e. The summed E-state index contributed by atoms with van der Waals surface area (Å²) in [5, 5.41) is 4.27. The molecule has 0 saturated heterocycles. The highest BCUT2D eigenvalue weighted by Crippen LogP contribution is 2.15. The summed E-state index contributed by atoms with van der Waals surface area (Å²) in [6.07, 6.45) is 0. The molecular weight excluding hydrogens is 274 g/mol. The van der Waals surface area contributed by atoms with Crippen LogP contribution in [0.1, 0.15) is 13.8 Å². The van der Waals surface area contributed by atoms with Crippen molar-refractivity contribution < 1.29 is 13.2 Å². The third kappa shape index (κ3) is 4.05. The maximum absolute atomic E-state index is 11.9. The Balaban J connectivity index is 2.65. The molecule has 8 heteroatoms. The molecule has 1 heterocycles. The molecule has 18 heavy (non-hydrogen) atoms. The third-order valence-electron chi connectivity index (χ3n) is 2.23. The molecule has 0 aromatic carbocycles. The van der Waals surface area contributed by atoms with Crippen LogP contribution in [0.4, 0.5) is 0 Å². The highest BCUT2D eigenvalue weighted by molar-refractivity contribution is 7.91. The quantitative estimate of drug-likeness (QED) is 0.680. The number of nitrogens with two attached hydrogens (primary N) is 1. The van der Waals surface area contributed by atoms with Crippen LogP contribution in [0, 0.1) is 0 Å². The SMILES string of the molecule is CC(NS(=O)(=O)c1cccs1)C(=O)N[C@@H](C)CN. The normalized spacial score (nSPS) is 15.1. The molecule has 1 unspecified atom stereocenters. The van der Waals surface area contributed by atoms with Crippen LogP contribution in [0.25, 0.3) is 0 Å². The number of nitrogens with one attached hydrogen (secondary N) is 2. The number of amides is 1. The molecule has 6 nitrogen and oxygen atoms in total. The van der Waals surface area contributed by atoms with E-state index in [-0.39, 0.29) is 10.3 Å². The maximum Gasteiger partial charge on any atom is 0.250 e. The average Bonchev–Trinajstić information content (AvgIpc) is 2.82. The van der Waals surface area contributed by atoms with Gasteiger partial charge in [0.25, 0.3) is 10.0 Å². The van der Waals surface area contributed by atoms with Gasteiger partial charge in [0.15, 0.2) is 0 Å². The first-order chi connectivity index (χ1) is 8.36. The monoisotopic (exact) mass is 291 g/mol. The average molecular weight is 291 g/mol. The van der Waals surface area contributed by atoms with Crippen molar-refractivity contribution in [3.8, 4) is 0 Å². The van der Waals surface area contributed by atoms with Crippen molar-refractivity contribution in [1.82, 2.24) is 10.0 Å². The van der Waals surface area contributed by atoms with E-state index in [2.05, 4.69) is 10.0 Å². The van der Waals surface area contributed by atoms with Gasteiger partial charge in [-0.3, -0.25) is 4.79 Å². The molecule has 2 atom stereocenters. The second kappa shape index (κ2) is 6.28. The predicted molar refractivity (Wildman–Crippen MR) is 70.8 cm³/mol. The fourth-order valence-corrected chi connectivity index (χ4v) is 3.40. The van der Waals surface area contributed by atoms with Gasteiger partial charge < -0.3 is 11.1 Å². The van der Waals surface area contributed by atoms with E-state index in [1.165, 1.54) is 13.0 Å². The van der Waals surface area contributed by atoms with Gasteiger partial charge in [0, 0.05) is 12.6 Å². The van der Waals surface area contributed by atoms with Gasteiger partial charge in [-0.15, -0.1) is 11.3 Å². The highest BCUT2D eigenvalue weighted by atomic mass is 32.2. The Hall–Kier alpha value is -0.960. The molecule has 0 aliphatic rings. The summed E-state index contributed by atoms with van der Waals surface area (Å²) in [6.45, 7) is 3.54. The summed E-state index contributed by atoms with van der Waals surface area (Å²) < 4.78 is 26.2. The summed E-state index contributed by atoms with van der Waals surface area (Å²) in [6, 6.07) is 2.10. The zero-order valence-electron chi connectivity index (χ0n) is 10.2. The van der Waals surface area contributed by atoms with Gasteiger partial charge in [-0.25, -0.2) is 8.42 Å². The first kappa shape index (κ1) is 15.1. The summed E-state index contributed by atoms with van der Waals surface area (Å²) >= 11 is 1.10. The Bertz CT molecular complexity index is 484. The van der Waals surface area contributed by atoms with Crippen LogP contribution in [0.15, 0.2) is 21.7 Å². The van der Waals surface area contributed by atoms with Crippen molar-refractivity contribution in [2.45, 2.75) is 30.1 Å². The lowest BCUT2D eigenvalue weighted by Gasteiger charge is -2.16. The second-order valence-corrected chi connectivity index (χ2v) is 6.81. The fraction of sp³-hybridized carbons (Fsp3) is 0.500. The van der Waals surface area contributed by atoms with Crippen molar-refractivity contribution >= 4 is 27.3 Å². The zero-order chi connectivity index (χ0) is 13.8. The van der Waals surface area contributed by atoms with E-state index in [9.17, 15) is 13.2 Å². The van der Waals surface area contributed by atoms with Gasteiger partial charge in [0.2, 0.25) is 5.91 Å². The van der Waals surface area contributed by atoms with Crippen molar-refractivity contribution in [3.05, 3.63) is 17.5 Å². The molecule has 0 aliphatic heterocycles. The topological polar surface area (TPSA) is 101 Å². The number of rotatable bonds is 6. The van der Waals surface area contributed by atoms with Crippen LogP contribution in [0.2, 0.25) is 0 Å². The summed E-state index contributed by atoms with van der Waals surface area (Å²) in [4.78, 5) is 11.7. The second-order valence-electron chi connectivity index (χ2n) is 3.92. The van der Waals surface area contributed by atoms with E-state index >= 15 is 0 Å². The van der Waals surface area contributed by atoms with Gasteiger partial charge >= 0.3 is 0 Å². The van der Waals surface area contributed by atoms with Crippen LogP contribution < -0.4 is 15.8 Å². The molecule has 0 saturated carbocycles. The Labute approximate surface area is 111 Å². The summed E-state index contributed by atoms with van der Waals surface area (Å²) in [7, 11) is -3.63. The summed E-state index contributed by atoms with van der Waals surface area (Å²) in [5.74, 6) is -0.395. The van der Waals surface area contributed by atoms with Crippen LogP contribution in [-0.4, -0.2) is 33.0 Å². The number of sulfonamides is 1. The van der Waals surface area contributed by atoms with Gasteiger partial charge in [0.1, 0.15) is 4.21 Å². The van der Waals surface area contributed by atoms with Crippen molar-refractivity contribution in [3.63, 3.8) is 0 Å². The minimum absolute atomic E-state index is 0.189. The van der Waals surface area contributed by atoms with Gasteiger partial charge in [-0.05, 0) is 25.3 Å². The van der Waals surface area contributed by atoms with Crippen molar-refractivity contribution in [1.29, 1.82) is 0 Å². The molecule has 0 radical (unpaired) electrons. The Morgan fingerprint density at radius 1 is 1.50 bits per heavy atom. The Morgan fingerprint density at radius 2 is 2.17 bits per heavy atom. The molecular formula is C10H17N3O3S2. The van der Waals surface area contributed by atoms with Gasteiger partial charge in [0.05, 0.1) is 6.04 Å². The molecule has 0 fully saturated rings. The minimum Gasteiger partial charge on any atom is -0.351 e. The number of carbonyl (C=O) groups is 1. The Morgan fingerprint density at radius 3 is 2.67 bits per heavy atom. The molecule has 102 valence electrons. The van der Waals surface area contributed by atoms with E-state index in [0.717, 1.165) is 11.3 Å². The molecule has 1 aromatic heterocycles. The molecule has 4 N–H and O–H groups in total. The van der Waals surface area contributed by atoms with Gasteiger partial charge in [-0.1, -0.05) is 6.07 Å². The van der Waals surface area contributed by atoms with E-state index in [1.807, 2.05) is 0 Å². The molecule has 1 amide bonds. The number of hydrogen-bond donors (Lipinski definition) is 3. The van der Waals surface area contributed by atoms with Crippen LogP contribution in [0.3, 0.4) is 0 Å². The molecule has 0 bridgehead atoms. The number of thiophene rings is 1. The lowest BCUT2D eigenvalue weighted by Crippen LogP contribution is -2.48. The molecule has 0 aliphatic carbocycles. The third-order valence-corrected chi connectivity index (χ3v) is 5.17. The maximum atomic E-state index is 11.9. The standard InChI is InChI=1S/C10H17N3O3S2/c1-7(6-11)12-10(14)8(2)13-18(15,16)9-4-3-5-17-9/h3-5,7-8,13H,6,11H2,1-2H3,(H,12,14)/t7-,8?/m0/s1. The molecule has 1 aromatic rings. The predicted octanol–water partition coefficient (Wildman–Crippen LogP) is -0.122. The number of carbonyl (C=O) groups excluding carboxylic acids is 1. The molecule has 1 rings (SSSR count). The van der Waals surface area contributed by atoms with Crippen LogP contribution in [0.5, 0.6) is 0 Å². The van der Waals surface area contributed by atoms with Crippen molar-refractivity contribution in [2.75, 3.05) is 6.54 Å². The first-order valence-electron chi connectivity index (χ1n) is 5.43. The molecule has 0 spiro atoms. The largest absolute Gasteiger partial charge is 0.351 e. The lowest BCUT2D eigenvalue weighted by atomic mass is 10.3. The summed E-state index contributed by atoms with van der Waals surface area (Å²) in [5.41, 5.74) is 5.37. The zero-order valence-corrected chi connectivity index (χ0v) is 11.8. The van der Waals surface area contributed by atoms with Crippen LogP contribution >= 0.6 is 11.3 Å². The van der Waals surface area contributed by atoms with E-state index in [0.29, 0.717) is 6.54 Å². The van der Waals surface area contributed by atoms with E-state index in [4.69, 9.17) is 5.73 Å². The number of hydrogen-bond acceptors (Lipinski definition) is 5. The first-order valence-corrected chi connectivity index (χ1v) is 7.79. The highest BCUT2D eigenvalue weighted by Gasteiger charge is 2.23. The minimum atomic E-state index is -3.63. The lowest BCUT2D eigenvalue weighted by molar-refractivity contribution is -0.122. The van der Waals surface area contributed by atoms with E-state index in [1.54, 1.807) is 18.4 Å². The fourth-order valence-electron chi connectivity index (χ4n) is 1.19. The Kier molecular flexibility index (Phi) is 5.27. The van der Waals surface area contributed by atoms with E-state index < -0.39 is 22.0 Å². The van der Waals surface area contributed by atoms with Crippen LogP contribution in [-0.2, 0) is 14.8 Å².